The van der Waals surface area contributed by atoms with E-state index < -0.39 is 0 Å². The fourth-order valence-electron chi connectivity index (χ4n) is 3.68. The number of para-hydroxylation sites is 2. The van der Waals surface area contributed by atoms with Gasteiger partial charge in [0.25, 0.3) is 5.91 Å². The Hall–Kier alpha value is -2.08. The summed E-state index contributed by atoms with van der Waals surface area (Å²) in [5, 5.41) is 3.16. The molecular weight excluding hydrogens is 383 g/mol. The van der Waals surface area contributed by atoms with Crippen LogP contribution in [0.1, 0.15) is 36.0 Å². The van der Waals surface area contributed by atoms with Gasteiger partial charge in [-0.15, -0.1) is 24.8 Å². The van der Waals surface area contributed by atoms with Gasteiger partial charge in [0.2, 0.25) is 0 Å². The molecule has 144 valence electrons. The lowest BCUT2D eigenvalue weighted by molar-refractivity contribution is 0.0903. The molecule has 5 nitrogen and oxygen atoms in total. The number of halogens is 2. The van der Waals surface area contributed by atoms with Crippen LogP contribution in [0, 0.1) is 0 Å². The van der Waals surface area contributed by atoms with Crippen LogP contribution in [0.25, 0.3) is 16.7 Å². The van der Waals surface area contributed by atoms with Gasteiger partial charge in [-0.2, -0.15) is 0 Å². The van der Waals surface area contributed by atoms with Crippen LogP contribution in [0.4, 0.5) is 0 Å². The van der Waals surface area contributed by atoms with Crippen LogP contribution in [0.5, 0.6) is 0 Å². The van der Waals surface area contributed by atoms with Crippen molar-refractivity contribution in [2.24, 2.45) is 5.73 Å². The van der Waals surface area contributed by atoms with Crippen LogP contribution in [0.3, 0.4) is 0 Å². The second-order valence-electron chi connectivity index (χ2n) is 6.80. The number of amides is 1. The lowest BCUT2D eigenvalue weighted by Gasteiger charge is -2.28. The zero-order valence-corrected chi connectivity index (χ0v) is 16.6. The highest BCUT2D eigenvalue weighted by atomic mass is 35.5. The summed E-state index contributed by atoms with van der Waals surface area (Å²) in [7, 11) is 0. The highest BCUT2D eigenvalue weighted by molar-refractivity contribution is 5.95. The number of nitrogens with two attached hydrogens (primary N) is 1. The van der Waals surface area contributed by atoms with Crippen molar-refractivity contribution in [2.45, 2.75) is 31.2 Å². The van der Waals surface area contributed by atoms with Gasteiger partial charge in [-0.25, -0.2) is 4.98 Å². The number of rotatable bonds is 4. The largest absolute Gasteiger partial charge is 0.345 e. The fraction of sp³-hybridized carbons (Fsp3) is 0.300. The van der Waals surface area contributed by atoms with Gasteiger partial charge in [-0.1, -0.05) is 25.0 Å². The second kappa shape index (κ2) is 8.74. The maximum atomic E-state index is 12.6. The highest BCUT2D eigenvalue weighted by Crippen LogP contribution is 2.29. The monoisotopic (exact) mass is 406 g/mol. The number of nitrogens with zero attached hydrogens (tertiary/aromatic N) is 2. The number of aromatic nitrogens is 2. The number of benzene rings is 2. The first-order chi connectivity index (χ1) is 12.2. The number of hydrogen-bond acceptors (Lipinski definition) is 3. The van der Waals surface area contributed by atoms with Crippen molar-refractivity contribution in [1.82, 2.24) is 14.9 Å². The van der Waals surface area contributed by atoms with E-state index in [2.05, 4.69) is 10.3 Å². The first kappa shape index (κ1) is 21.2. The predicted molar refractivity (Wildman–Crippen MR) is 113 cm³/mol. The normalized spacial score (nSPS) is 15.0. The molecule has 27 heavy (non-hydrogen) atoms. The number of imidazole rings is 1. The molecule has 1 aromatic heterocycles. The zero-order valence-electron chi connectivity index (χ0n) is 14.9. The average molecular weight is 407 g/mol. The Labute approximate surface area is 171 Å². The molecule has 0 spiro atoms. The summed E-state index contributed by atoms with van der Waals surface area (Å²) in [6.07, 6.45) is 6.00. The molecule has 1 aliphatic rings. The third-order valence-electron chi connectivity index (χ3n) is 5.19. The van der Waals surface area contributed by atoms with Gasteiger partial charge in [0, 0.05) is 17.8 Å². The molecule has 0 saturated heterocycles. The van der Waals surface area contributed by atoms with Crippen molar-refractivity contribution >= 4 is 41.8 Å². The van der Waals surface area contributed by atoms with E-state index in [4.69, 9.17) is 5.73 Å². The van der Waals surface area contributed by atoms with Crippen LogP contribution in [0.2, 0.25) is 0 Å². The Morgan fingerprint density at radius 2 is 1.74 bits per heavy atom. The van der Waals surface area contributed by atoms with E-state index >= 15 is 0 Å². The Balaban J connectivity index is 0.00000131. The molecule has 0 atom stereocenters. The average Bonchev–Trinajstić information content (AvgIpc) is 3.29. The Morgan fingerprint density at radius 1 is 1.07 bits per heavy atom. The van der Waals surface area contributed by atoms with Crippen LogP contribution in [-0.4, -0.2) is 27.5 Å². The van der Waals surface area contributed by atoms with Crippen molar-refractivity contribution in [3.05, 3.63) is 60.4 Å². The molecule has 1 heterocycles. The summed E-state index contributed by atoms with van der Waals surface area (Å²) in [6, 6.07) is 15.6. The van der Waals surface area contributed by atoms with Crippen LogP contribution in [-0.2, 0) is 0 Å². The maximum absolute atomic E-state index is 12.6. The molecule has 3 aromatic rings. The molecule has 0 aliphatic heterocycles. The van der Waals surface area contributed by atoms with Crippen LogP contribution in [0.15, 0.2) is 54.9 Å². The van der Waals surface area contributed by atoms with E-state index in [0.29, 0.717) is 12.1 Å². The minimum absolute atomic E-state index is 0. The number of carbonyl (C=O) groups excluding carboxylic acids is 1. The third-order valence-corrected chi connectivity index (χ3v) is 5.19. The van der Waals surface area contributed by atoms with Crippen molar-refractivity contribution in [2.75, 3.05) is 6.54 Å². The van der Waals surface area contributed by atoms with Gasteiger partial charge in [0.15, 0.2) is 0 Å². The smallest absolute Gasteiger partial charge is 0.251 e. The van der Waals surface area contributed by atoms with Gasteiger partial charge >= 0.3 is 0 Å². The van der Waals surface area contributed by atoms with E-state index in [1.54, 1.807) is 0 Å². The summed E-state index contributed by atoms with van der Waals surface area (Å²) in [5.41, 5.74) is 9.33. The molecule has 4 rings (SSSR count). The van der Waals surface area contributed by atoms with Crippen molar-refractivity contribution in [1.29, 1.82) is 0 Å². The first-order valence-electron chi connectivity index (χ1n) is 8.76. The maximum Gasteiger partial charge on any atom is 0.251 e. The lowest BCUT2D eigenvalue weighted by Crippen LogP contribution is -2.51. The van der Waals surface area contributed by atoms with Crippen LogP contribution >= 0.6 is 24.8 Å². The summed E-state index contributed by atoms with van der Waals surface area (Å²) in [5.74, 6) is -0.0469. The van der Waals surface area contributed by atoms with Crippen molar-refractivity contribution in [3.63, 3.8) is 0 Å². The molecule has 1 amide bonds. The fourth-order valence-corrected chi connectivity index (χ4v) is 3.68. The van der Waals surface area contributed by atoms with E-state index in [0.717, 1.165) is 42.4 Å². The standard InChI is InChI=1S/C20H22N4O.2ClH/c21-13-20(11-3-4-12-20)23-19(25)15-7-9-16(10-8-15)24-14-22-17-5-1-2-6-18(17)24;;/h1-2,5-10,14H,3-4,11-13,21H2,(H,23,25);2*1H. The predicted octanol–water partition coefficient (Wildman–Crippen LogP) is 3.87. The molecule has 7 heteroatoms. The minimum Gasteiger partial charge on any atom is -0.345 e. The van der Waals surface area contributed by atoms with E-state index in [1.807, 2.05) is 59.4 Å². The van der Waals surface area contributed by atoms with E-state index in [1.165, 1.54) is 0 Å². The summed E-state index contributed by atoms with van der Waals surface area (Å²) >= 11 is 0. The van der Waals surface area contributed by atoms with Crippen LogP contribution < -0.4 is 11.1 Å². The first-order valence-corrected chi connectivity index (χ1v) is 8.76. The van der Waals surface area contributed by atoms with Gasteiger partial charge < -0.3 is 11.1 Å². The topological polar surface area (TPSA) is 72.9 Å². The number of nitrogens with one attached hydrogen (secondary N) is 1. The zero-order chi connectivity index (χ0) is 17.3. The minimum atomic E-state index is -0.226. The van der Waals surface area contributed by atoms with Gasteiger partial charge in [-0.3, -0.25) is 9.36 Å². The summed E-state index contributed by atoms with van der Waals surface area (Å²) < 4.78 is 2.02. The van der Waals surface area contributed by atoms with Crippen molar-refractivity contribution in [3.8, 4) is 5.69 Å². The molecule has 1 fully saturated rings. The summed E-state index contributed by atoms with van der Waals surface area (Å²) in [6.45, 7) is 0.498. The molecule has 3 N–H and O–H groups in total. The molecule has 0 radical (unpaired) electrons. The van der Waals surface area contributed by atoms with Crippen molar-refractivity contribution < 1.29 is 4.79 Å². The Morgan fingerprint density at radius 3 is 2.41 bits per heavy atom. The highest BCUT2D eigenvalue weighted by Gasteiger charge is 2.34. The van der Waals surface area contributed by atoms with Gasteiger partial charge in [0.1, 0.15) is 6.33 Å². The quantitative estimate of drug-likeness (QED) is 0.690. The van der Waals surface area contributed by atoms with Gasteiger partial charge in [0.05, 0.1) is 16.6 Å². The molecule has 0 bridgehead atoms. The SMILES string of the molecule is Cl.Cl.NCC1(NC(=O)c2ccc(-n3cnc4ccccc43)cc2)CCCC1. The molecule has 1 saturated carbocycles. The lowest BCUT2D eigenvalue weighted by atomic mass is 9.97. The van der Waals surface area contributed by atoms with E-state index in [-0.39, 0.29) is 36.3 Å². The molecule has 2 aromatic carbocycles. The second-order valence-corrected chi connectivity index (χ2v) is 6.80. The van der Waals surface area contributed by atoms with E-state index in [9.17, 15) is 4.79 Å². The molecule has 1 aliphatic carbocycles. The number of carbonyl (C=O) groups is 1. The molecular formula is C20H24Cl2N4O. The Bertz CT molecular complexity index is 902. The molecule has 0 unspecified atom stereocenters. The number of fused-ring (bicyclic) bond motifs is 1. The van der Waals surface area contributed by atoms with Gasteiger partial charge in [-0.05, 0) is 49.2 Å². The number of hydrogen-bond donors (Lipinski definition) is 2. The summed E-state index contributed by atoms with van der Waals surface area (Å²) in [4.78, 5) is 17.0. The third kappa shape index (κ3) is 4.10. The Kier molecular flexibility index (Phi) is 6.87.